The van der Waals surface area contributed by atoms with Crippen LogP contribution >= 0.6 is 0 Å². The van der Waals surface area contributed by atoms with Crippen molar-refractivity contribution in [2.45, 2.75) is 19.4 Å². The predicted molar refractivity (Wildman–Crippen MR) is 30.4 cm³/mol. The van der Waals surface area contributed by atoms with Crippen LogP contribution in [0.4, 0.5) is 0 Å². The Balaban J connectivity index is 3.03. The van der Waals surface area contributed by atoms with Gasteiger partial charge < -0.3 is 10.4 Å². The van der Waals surface area contributed by atoms with E-state index in [1.54, 1.807) is 0 Å². The molecule has 0 aromatic rings. The Morgan fingerprint density at radius 3 is 2.88 bits per heavy atom. The number of hydrogen-bond acceptors (Lipinski definition) is 2. The summed E-state index contributed by atoms with van der Waals surface area (Å²) >= 11 is 0. The van der Waals surface area contributed by atoms with Crippen LogP contribution in [0.2, 0.25) is 0 Å². The average molecular weight is 117 g/mol. The molecule has 3 heteroatoms. The summed E-state index contributed by atoms with van der Waals surface area (Å²) in [6.45, 7) is 1.96. The zero-order chi connectivity index (χ0) is 6.41. The van der Waals surface area contributed by atoms with Gasteiger partial charge in [0.15, 0.2) is 0 Å². The number of rotatable bonds is 4. The fourth-order valence-corrected chi connectivity index (χ4v) is 0.393. The van der Waals surface area contributed by atoms with Gasteiger partial charge in [-0.3, -0.25) is 4.79 Å². The number of aliphatic hydroxyl groups excluding tert-OH is 1. The second-order valence-electron chi connectivity index (χ2n) is 1.70. The Labute approximate surface area is 48.7 Å². The minimum atomic E-state index is 0.0949. The molecule has 0 saturated heterocycles. The molecule has 1 amide bonds. The second kappa shape index (κ2) is 4.59. The molecule has 0 spiro atoms. The van der Waals surface area contributed by atoms with Crippen LogP contribution in [0.5, 0.6) is 0 Å². The van der Waals surface area contributed by atoms with Crippen molar-refractivity contribution in [2.24, 2.45) is 0 Å². The topological polar surface area (TPSA) is 49.3 Å². The van der Waals surface area contributed by atoms with Crippen LogP contribution in [0.25, 0.3) is 0 Å². The summed E-state index contributed by atoms with van der Waals surface area (Å²) in [6.07, 6.45) is 1.26. The van der Waals surface area contributed by atoms with Crippen LogP contribution in [0.3, 0.4) is 0 Å². The highest BCUT2D eigenvalue weighted by Crippen LogP contribution is 1.84. The van der Waals surface area contributed by atoms with Crippen molar-refractivity contribution in [3.8, 4) is 0 Å². The van der Waals surface area contributed by atoms with Gasteiger partial charge >= 0.3 is 0 Å². The molecule has 0 aliphatic heterocycles. The highest BCUT2D eigenvalue weighted by atomic mass is 16.3. The van der Waals surface area contributed by atoms with Crippen LogP contribution in [0, 0.1) is 0 Å². The first-order valence-electron chi connectivity index (χ1n) is 2.61. The van der Waals surface area contributed by atoms with Gasteiger partial charge in [-0.2, -0.15) is 0 Å². The smallest absolute Gasteiger partial charge is 0.207 e. The van der Waals surface area contributed by atoms with E-state index in [9.17, 15) is 4.79 Å². The van der Waals surface area contributed by atoms with Crippen molar-refractivity contribution in [1.82, 2.24) is 5.32 Å². The Kier molecular flexibility index (Phi) is 4.26. The number of amides is 1. The summed E-state index contributed by atoms with van der Waals surface area (Å²) in [5, 5.41) is 10.8. The Morgan fingerprint density at radius 2 is 2.50 bits per heavy atom. The first-order valence-corrected chi connectivity index (χ1v) is 2.61. The van der Waals surface area contributed by atoms with Gasteiger partial charge in [0.05, 0.1) is 0 Å². The van der Waals surface area contributed by atoms with Gasteiger partial charge in [-0.15, -0.1) is 0 Å². The molecule has 0 bridgehead atoms. The van der Waals surface area contributed by atoms with Gasteiger partial charge in [0, 0.05) is 12.6 Å². The van der Waals surface area contributed by atoms with Crippen molar-refractivity contribution in [2.75, 3.05) is 6.61 Å². The third-order valence-corrected chi connectivity index (χ3v) is 0.915. The van der Waals surface area contributed by atoms with Gasteiger partial charge in [0.25, 0.3) is 0 Å². The van der Waals surface area contributed by atoms with Crippen molar-refractivity contribution in [1.29, 1.82) is 0 Å². The maximum atomic E-state index is 9.70. The molecular formula is C5H11NO2. The van der Waals surface area contributed by atoms with Gasteiger partial charge in [0.2, 0.25) is 6.41 Å². The van der Waals surface area contributed by atoms with Crippen LogP contribution in [0.15, 0.2) is 0 Å². The summed E-state index contributed by atoms with van der Waals surface area (Å²) in [6, 6.07) is 0.0949. The van der Waals surface area contributed by atoms with E-state index in [1.807, 2.05) is 6.92 Å². The maximum Gasteiger partial charge on any atom is 0.207 e. The van der Waals surface area contributed by atoms with E-state index < -0.39 is 0 Å². The van der Waals surface area contributed by atoms with Crippen LogP contribution < -0.4 is 5.32 Å². The van der Waals surface area contributed by atoms with E-state index in [1.165, 1.54) is 0 Å². The monoisotopic (exact) mass is 117 g/mol. The molecule has 0 radical (unpaired) electrons. The molecule has 1 atom stereocenters. The molecule has 0 aliphatic carbocycles. The highest BCUT2D eigenvalue weighted by Gasteiger charge is 1.94. The lowest BCUT2D eigenvalue weighted by molar-refractivity contribution is -0.110. The second-order valence-corrected chi connectivity index (χ2v) is 1.70. The molecule has 2 N–H and O–H groups in total. The minimum absolute atomic E-state index is 0.0949. The van der Waals surface area contributed by atoms with E-state index in [2.05, 4.69) is 5.32 Å². The molecule has 0 aromatic carbocycles. The number of nitrogens with one attached hydrogen (secondary N) is 1. The third kappa shape index (κ3) is 3.61. The average Bonchev–Trinajstić information content (AvgIpc) is 1.68. The Bertz CT molecular complexity index is 65.4. The summed E-state index contributed by atoms with van der Waals surface area (Å²) < 4.78 is 0. The van der Waals surface area contributed by atoms with Crippen molar-refractivity contribution in [3.05, 3.63) is 0 Å². The quantitative estimate of drug-likeness (QED) is 0.488. The number of carbonyl (C=O) groups excluding carboxylic acids is 1. The summed E-state index contributed by atoms with van der Waals surface area (Å²) in [4.78, 5) is 9.70. The molecular weight excluding hydrogens is 106 g/mol. The lowest BCUT2D eigenvalue weighted by Crippen LogP contribution is -2.24. The molecule has 0 saturated carbocycles. The molecule has 0 fully saturated rings. The minimum Gasteiger partial charge on any atom is -0.396 e. The van der Waals surface area contributed by atoms with Crippen LogP contribution in [-0.2, 0) is 4.79 Å². The molecule has 48 valence electrons. The first-order chi connectivity index (χ1) is 3.81. The number of aliphatic hydroxyl groups is 1. The Morgan fingerprint density at radius 1 is 1.88 bits per heavy atom. The fraction of sp³-hybridized carbons (Fsp3) is 0.800. The van der Waals surface area contributed by atoms with E-state index in [0.29, 0.717) is 12.8 Å². The molecule has 8 heavy (non-hydrogen) atoms. The van der Waals surface area contributed by atoms with Gasteiger partial charge in [0.1, 0.15) is 0 Å². The largest absolute Gasteiger partial charge is 0.396 e. The van der Waals surface area contributed by atoms with Gasteiger partial charge in [-0.05, 0) is 13.3 Å². The zero-order valence-corrected chi connectivity index (χ0v) is 4.92. The van der Waals surface area contributed by atoms with Gasteiger partial charge in [-0.1, -0.05) is 0 Å². The maximum absolute atomic E-state index is 9.70. The highest BCUT2D eigenvalue weighted by molar-refractivity contribution is 5.46. The van der Waals surface area contributed by atoms with Crippen molar-refractivity contribution < 1.29 is 9.90 Å². The zero-order valence-electron chi connectivity index (χ0n) is 4.92. The predicted octanol–water partition coefficient (Wildman–Crippen LogP) is -0.497. The third-order valence-electron chi connectivity index (χ3n) is 0.915. The molecule has 0 aliphatic rings. The van der Waals surface area contributed by atoms with Crippen LogP contribution in [0.1, 0.15) is 13.3 Å². The SMILES string of the molecule is CC(CCO)NC=O. The van der Waals surface area contributed by atoms with E-state index >= 15 is 0 Å². The molecule has 0 rings (SSSR count). The van der Waals surface area contributed by atoms with E-state index in [-0.39, 0.29) is 12.6 Å². The normalized spacial score (nSPS) is 12.8. The lowest BCUT2D eigenvalue weighted by Gasteiger charge is -2.05. The molecule has 1 unspecified atom stereocenters. The summed E-state index contributed by atoms with van der Waals surface area (Å²) in [5.74, 6) is 0. The lowest BCUT2D eigenvalue weighted by atomic mass is 10.2. The summed E-state index contributed by atoms with van der Waals surface area (Å²) in [5.41, 5.74) is 0. The Hall–Kier alpha value is -0.570. The standard InChI is InChI=1S/C5H11NO2/c1-5(2-3-7)6-4-8/h4-5,7H,2-3H2,1H3,(H,6,8). The molecule has 3 nitrogen and oxygen atoms in total. The summed E-state index contributed by atoms with van der Waals surface area (Å²) in [7, 11) is 0. The fourth-order valence-electron chi connectivity index (χ4n) is 0.393. The van der Waals surface area contributed by atoms with Crippen molar-refractivity contribution in [3.63, 3.8) is 0 Å². The van der Waals surface area contributed by atoms with E-state index in [4.69, 9.17) is 5.11 Å². The number of carbonyl (C=O) groups is 1. The first kappa shape index (κ1) is 7.43. The molecule has 0 heterocycles. The van der Waals surface area contributed by atoms with Crippen LogP contribution in [-0.4, -0.2) is 24.2 Å². The van der Waals surface area contributed by atoms with Gasteiger partial charge in [-0.25, -0.2) is 0 Å². The number of hydrogen-bond donors (Lipinski definition) is 2. The van der Waals surface area contributed by atoms with E-state index in [0.717, 1.165) is 0 Å². The molecule has 0 aromatic heterocycles. The van der Waals surface area contributed by atoms with Crippen molar-refractivity contribution >= 4 is 6.41 Å².